The summed E-state index contributed by atoms with van der Waals surface area (Å²) in [6.07, 6.45) is 3.00. The molecule has 3 nitrogen and oxygen atoms in total. The van der Waals surface area contributed by atoms with Gasteiger partial charge in [-0.2, -0.15) is 0 Å². The molecular weight excluding hydrogens is 399 g/mol. The van der Waals surface area contributed by atoms with Gasteiger partial charge in [0, 0.05) is 17.1 Å². The molecule has 0 radical (unpaired) electrons. The summed E-state index contributed by atoms with van der Waals surface area (Å²) in [6, 6.07) is 14.5. The average molecular weight is 421 g/mol. The van der Waals surface area contributed by atoms with Gasteiger partial charge in [-0.15, -0.1) is 23.7 Å². The highest BCUT2D eigenvalue weighted by molar-refractivity contribution is 7.21. The Bertz CT molecular complexity index is 920. The number of hydrogen-bond donors (Lipinski definition) is 0. The summed E-state index contributed by atoms with van der Waals surface area (Å²) in [5, 5.41) is 1.77. The lowest BCUT2D eigenvalue weighted by Crippen LogP contribution is -2.51. The topological polar surface area (TPSA) is 25.4 Å². The molecule has 3 aliphatic heterocycles. The first-order valence-corrected chi connectivity index (χ1v) is 10.4. The van der Waals surface area contributed by atoms with E-state index in [4.69, 9.17) is 21.3 Å². The predicted octanol–water partition coefficient (Wildman–Crippen LogP) is 5.65. The van der Waals surface area contributed by atoms with E-state index in [-0.39, 0.29) is 12.4 Å². The first kappa shape index (κ1) is 19.2. The van der Waals surface area contributed by atoms with Crippen LogP contribution in [-0.4, -0.2) is 35.6 Å². The molecule has 1 unspecified atom stereocenters. The number of aromatic nitrogens is 1. The molecule has 0 aliphatic carbocycles. The number of benzene rings is 2. The zero-order valence-electron chi connectivity index (χ0n) is 14.9. The van der Waals surface area contributed by atoms with E-state index in [9.17, 15) is 0 Å². The van der Waals surface area contributed by atoms with Gasteiger partial charge in [-0.1, -0.05) is 35.9 Å². The summed E-state index contributed by atoms with van der Waals surface area (Å²) in [5.41, 5.74) is 3.34. The predicted molar refractivity (Wildman–Crippen MR) is 115 cm³/mol. The Kier molecular flexibility index (Phi) is 5.72. The minimum Gasteiger partial charge on any atom is -0.372 e. The summed E-state index contributed by atoms with van der Waals surface area (Å²) < 4.78 is 7.41. The molecule has 0 N–H and O–H groups in total. The minimum atomic E-state index is 0. The van der Waals surface area contributed by atoms with Crippen LogP contribution in [0.1, 0.15) is 18.4 Å². The van der Waals surface area contributed by atoms with Crippen molar-refractivity contribution in [2.24, 2.45) is 5.92 Å². The second kappa shape index (κ2) is 8.06. The third-order valence-corrected chi connectivity index (χ3v) is 6.93. The number of hydrogen-bond acceptors (Lipinski definition) is 4. The first-order valence-electron chi connectivity index (χ1n) is 9.24. The van der Waals surface area contributed by atoms with Gasteiger partial charge in [0.15, 0.2) is 0 Å². The minimum absolute atomic E-state index is 0. The van der Waals surface area contributed by atoms with E-state index in [0.717, 1.165) is 33.6 Å². The molecule has 3 saturated heterocycles. The van der Waals surface area contributed by atoms with E-state index in [1.165, 1.54) is 36.2 Å². The molecule has 2 aromatic carbocycles. The monoisotopic (exact) mass is 420 g/mol. The summed E-state index contributed by atoms with van der Waals surface area (Å²) in [6.45, 7) is 4.32. The molecule has 1 aromatic heterocycles. The van der Waals surface area contributed by atoms with Crippen molar-refractivity contribution in [3.05, 3.63) is 53.1 Å². The van der Waals surface area contributed by atoms with Crippen LogP contribution in [0.3, 0.4) is 0 Å². The van der Waals surface area contributed by atoms with Crippen LogP contribution < -0.4 is 0 Å². The molecule has 1 atom stereocenters. The lowest BCUT2D eigenvalue weighted by atomic mass is 9.86. The molecule has 6 heteroatoms. The molecule has 3 fully saturated rings. The number of rotatable bonds is 4. The van der Waals surface area contributed by atoms with E-state index in [1.54, 1.807) is 11.3 Å². The Morgan fingerprint density at radius 3 is 2.59 bits per heavy atom. The number of ether oxygens (including phenoxy) is 1. The largest absolute Gasteiger partial charge is 0.372 e. The highest BCUT2D eigenvalue weighted by atomic mass is 35.5. The van der Waals surface area contributed by atoms with Crippen molar-refractivity contribution in [3.63, 3.8) is 0 Å². The Labute approximate surface area is 174 Å². The second-order valence-electron chi connectivity index (χ2n) is 7.32. The standard InChI is InChI=1S/C21H21ClN2OS.ClH/c22-17-5-6-20-18(11-17)23-21(26-20)16-3-1-14(2-4-16)13-25-19-12-24-9-7-15(19)8-10-24;/h1-6,11,15,19H,7-10,12-13H2;1H. The van der Waals surface area contributed by atoms with E-state index >= 15 is 0 Å². The molecule has 2 bridgehead atoms. The van der Waals surface area contributed by atoms with E-state index in [2.05, 4.69) is 29.2 Å². The van der Waals surface area contributed by atoms with Crippen LogP contribution in [-0.2, 0) is 11.3 Å². The number of halogens is 2. The Morgan fingerprint density at radius 1 is 1.11 bits per heavy atom. The van der Waals surface area contributed by atoms with Crippen molar-refractivity contribution >= 4 is 45.6 Å². The Hall–Kier alpha value is -1.17. The lowest BCUT2D eigenvalue weighted by molar-refractivity contribution is -0.0765. The van der Waals surface area contributed by atoms with Crippen molar-refractivity contribution in [2.45, 2.75) is 25.6 Å². The maximum atomic E-state index is 6.24. The third kappa shape index (κ3) is 4.01. The number of nitrogens with zero attached hydrogens (tertiary/aromatic N) is 2. The van der Waals surface area contributed by atoms with Gasteiger partial charge in [-0.05, 0) is 55.6 Å². The van der Waals surface area contributed by atoms with Crippen molar-refractivity contribution in [1.82, 2.24) is 9.88 Å². The van der Waals surface area contributed by atoms with E-state index in [1.807, 2.05) is 18.2 Å². The summed E-state index contributed by atoms with van der Waals surface area (Å²) in [4.78, 5) is 7.25. The SMILES string of the molecule is Cl.Clc1ccc2sc(-c3ccc(COC4CN5CCC4CC5)cc3)nc2c1. The molecular formula is C21H22Cl2N2OS. The van der Waals surface area contributed by atoms with Crippen molar-refractivity contribution in [1.29, 1.82) is 0 Å². The number of thiazole rings is 1. The average Bonchev–Trinajstić information content (AvgIpc) is 3.11. The van der Waals surface area contributed by atoms with Crippen molar-refractivity contribution in [3.8, 4) is 10.6 Å². The van der Waals surface area contributed by atoms with Gasteiger partial charge < -0.3 is 9.64 Å². The fourth-order valence-corrected chi connectivity index (χ4v) is 5.19. The fraction of sp³-hybridized carbons (Fsp3) is 0.381. The lowest BCUT2D eigenvalue weighted by Gasteiger charge is -2.44. The van der Waals surface area contributed by atoms with Crippen LogP contribution in [0.15, 0.2) is 42.5 Å². The normalized spacial score (nSPS) is 24.1. The van der Waals surface area contributed by atoms with E-state index in [0.29, 0.717) is 12.7 Å². The number of fused-ring (bicyclic) bond motifs is 4. The van der Waals surface area contributed by atoms with Gasteiger partial charge in [0.25, 0.3) is 0 Å². The highest BCUT2D eigenvalue weighted by Gasteiger charge is 2.34. The highest BCUT2D eigenvalue weighted by Crippen LogP contribution is 2.32. The van der Waals surface area contributed by atoms with E-state index < -0.39 is 0 Å². The fourth-order valence-electron chi connectivity index (χ4n) is 4.07. The molecule has 6 rings (SSSR count). The quantitative estimate of drug-likeness (QED) is 0.545. The third-order valence-electron chi connectivity index (χ3n) is 5.61. The molecule has 3 aliphatic rings. The molecule has 0 amide bonds. The Morgan fingerprint density at radius 2 is 1.89 bits per heavy atom. The van der Waals surface area contributed by atoms with Crippen LogP contribution in [0.2, 0.25) is 5.02 Å². The molecule has 3 aromatic rings. The van der Waals surface area contributed by atoms with Gasteiger partial charge in [0.1, 0.15) is 5.01 Å². The summed E-state index contributed by atoms with van der Waals surface area (Å²) >= 11 is 7.77. The zero-order chi connectivity index (χ0) is 17.5. The first-order chi connectivity index (χ1) is 12.7. The summed E-state index contributed by atoms with van der Waals surface area (Å²) in [7, 11) is 0. The number of piperidine rings is 3. The van der Waals surface area contributed by atoms with Gasteiger partial charge in [0.2, 0.25) is 0 Å². The second-order valence-corrected chi connectivity index (χ2v) is 8.78. The van der Waals surface area contributed by atoms with Gasteiger partial charge >= 0.3 is 0 Å². The van der Waals surface area contributed by atoms with Gasteiger partial charge in [0.05, 0.1) is 22.9 Å². The van der Waals surface area contributed by atoms with Crippen LogP contribution in [0, 0.1) is 5.92 Å². The maximum absolute atomic E-state index is 6.24. The Balaban J connectivity index is 0.00000180. The van der Waals surface area contributed by atoms with Crippen molar-refractivity contribution < 1.29 is 4.74 Å². The molecule has 4 heterocycles. The molecule has 0 saturated carbocycles. The van der Waals surface area contributed by atoms with Crippen LogP contribution in [0.25, 0.3) is 20.8 Å². The zero-order valence-corrected chi connectivity index (χ0v) is 17.3. The summed E-state index contributed by atoms with van der Waals surface area (Å²) in [5.74, 6) is 0.758. The van der Waals surface area contributed by atoms with Gasteiger partial charge in [-0.3, -0.25) is 0 Å². The van der Waals surface area contributed by atoms with Crippen LogP contribution in [0.4, 0.5) is 0 Å². The smallest absolute Gasteiger partial charge is 0.124 e. The molecule has 27 heavy (non-hydrogen) atoms. The molecule has 142 valence electrons. The van der Waals surface area contributed by atoms with Crippen LogP contribution >= 0.6 is 35.3 Å². The van der Waals surface area contributed by atoms with Gasteiger partial charge in [-0.25, -0.2) is 4.98 Å². The maximum Gasteiger partial charge on any atom is 0.124 e. The van der Waals surface area contributed by atoms with Crippen LogP contribution in [0.5, 0.6) is 0 Å². The van der Waals surface area contributed by atoms with Crippen molar-refractivity contribution in [2.75, 3.05) is 19.6 Å². The molecule has 0 spiro atoms.